The van der Waals surface area contributed by atoms with E-state index in [-0.39, 0.29) is 5.92 Å². The quantitative estimate of drug-likeness (QED) is 0.235. The Kier molecular flexibility index (Phi) is 9.75. The van der Waals surface area contributed by atoms with Crippen molar-refractivity contribution in [1.29, 1.82) is 0 Å². The lowest BCUT2D eigenvalue weighted by Crippen LogP contribution is -2.16. The third-order valence-corrected chi connectivity index (χ3v) is 6.57. The molecule has 8 heteroatoms. The first kappa shape index (κ1) is 30.1. The van der Waals surface area contributed by atoms with E-state index < -0.39 is 41.3 Å². The van der Waals surface area contributed by atoms with Crippen molar-refractivity contribution in [2.75, 3.05) is 5.32 Å². The minimum Gasteiger partial charge on any atom is -0.481 e. The number of hydrogen-bond donors (Lipinski definition) is 2. The molecule has 0 saturated carbocycles. The topological polar surface area (TPSA) is 49.3 Å². The second kappa shape index (κ2) is 12.6. The number of anilines is 1. The molecule has 0 spiro atoms. The SMILES string of the molecule is CC(C)CCC(Nc1cc(-c2ccc(C(F)(F)F)cc2)cc(C(CC(C)C)C(=O)O)c1)c1cc(F)cc(F)c1. The predicted molar refractivity (Wildman–Crippen MR) is 144 cm³/mol. The van der Waals surface area contributed by atoms with E-state index in [0.29, 0.717) is 46.7 Å². The van der Waals surface area contributed by atoms with Crippen LogP contribution in [0.5, 0.6) is 0 Å². The van der Waals surface area contributed by atoms with Gasteiger partial charge in [-0.25, -0.2) is 8.78 Å². The number of nitrogens with one attached hydrogen (secondary N) is 1. The Morgan fingerprint density at radius 3 is 1.92 bits per heavy atom. The van der Waals surface area contributed by atoms with Crippen LogP contribution in [-0.4, -0.2) is 11.1 Å². The highest BCUT2D eigenvalue weighted by Gasteiger charge is 2.30. The lowest BCUT2D eigenvalue weighted by atomic mass is 9.88. The van der Waals surface area contributed by atoms with Gasteiger partial charge in [0, 0.05) is 11.8 Å². The lowest BCUT2D eigenvalue weighted by Gasteiger charge is -2.24. The molecule has 3 aromatic carbocycles. The van der Waals surface area contributed by atoms with E-state index in [2.05, 4.69) is 5.32 Å². The van der Waals surface area contributed by atoms with E-state index in [1.807, 2.05) is 27.7 Å². The van der Waals surface area contributed by atoms with Gasteiger partial charge in [0.2, 0.25) is 0 Å². The molecule has 0 amide bonds. The molecule has 39 heavy (non-hydrogen) atoms. The van der Waals surface area contributed by atoms with E-state index in [4.69, 9.17) is 0 Å². The Balaban J connectivity index is 2.11. The second-order valence-corrected chi connectivity index (χ2v) is 10.8. The van der Waals surface area contributed by atoms with E-state index in [0.717, 1.165) is 24.6 Å². The molecule has 2 atom stereocenters. The first-order chi connectivity index (χ1) is 18.2. The van der Waals surface area contributed by atoms with Gasteiger partial charge < -0.3 is 10.4 Å². The molecule has 0 saturated heterocycles. The maximum absolute atomic E-state index is 14.1. The van der Waals surface area contributed by atoms with Crippen LogP contribution in [0.4, 0.5) is 27.6 Å². The highest BCUT2D eigenvalue weighted by Crippen LogP contribution is 2.36. The summed E-state index contributed by atoms with van der Waals surface area (Å²) in [7, 11) is 0. The molecular weight excluding hydrogens is 513 g/mol. The van der Waals surface area contributed by atoms with E-state index in [1.165, 1.54) is 24.3 Å². The molecule has 3 aromatic rings. The van der Waals surface area contributed by atoms with Crippen LogP contribution >= 0.6 is 0 Å². The summed E-state index contributed by atoms with van der Waals surface area (Å²) in [6, 6.07) is 12.6. The van der Waals surface area contributed by atoms with Gasteiger partial charge in [-0.1, -0.05) is 45.9 Å². The van der Waals surface area contributed by atoms with Crippen LogP contribution in [0, 0.1) is 23.5 Å². The van der Waals surface area contributed by atoms with Crippen molar-refractivity contribution in [2.24, 2.45) is 11.8 Å². The number of carboxylic acid groups (broad SMARTS) is 1. The standard InChI is InChI=1S/C31H34F5NO2/c1-18(2)5-10-29(23-13-25(32)17-26(33)14-23)37-27-15-21(20-6-8-24(9-7-20)31(34,35)36)12-22(16-27)28(30(38)39)11-19(3)4/h6-9,12-19,28-29,37H,5,10-11H2,1-4H3,(H,38,39). The van der Waals surface area contributed by atoms with Crippen LogP contribution in [0.25, 0.3) is 11.1 Å². The summed E-state index contributed by atoms with van der Waals surface area (Å²) >= 11 is 0. The minimum atomic E-state index is -4.48. The monoisotopic (exact) mass is 547 g/mol. The summed E-state index contributed by atoms with van der Waals surface area (Å²) in [6.07, 6.45) is -2.82. The highest BCUT2D eigenvalue weighted by atomic mass is 19.4. The molecule has 2 N–H and O–H groups in total. The predicted octanol–water partition coefficient (Wildman–Crippen LogP) is 9.45. The number of halogens is 5. The number of rotatable bonds is 11. The molecule has 0 aliphatic heterocycles. The number of alkyl halides is 3. The van der Waals surface area contributed by atoms with Crippen LogP contribution < -0.4 is 5.32 Å². The summed E-state index contributed by atoms with van der Waals surface area (Å²) in [4.78, 5) is 12.2. The van der Waals surface area contributed by atoms with Gasteiger partial charge >= 0.3 is 12.1 Å². The lowest BCUT2D eigenvalue weighted by molar-refractivity contribution is -0.139. The average molecular weight is 548 g/mol. The van der Waals surface area contributed by atoms with Crippen molar-refractivity contribution in [3.63, 3.8) is 0 Å². The van der Waals surface area contributed by atoms with Crippen molar-refractivity contribution in [2.45, 2.75) is 65.1 Å². The van der Waals surface area contributed by atoms with Gasteiger partial charge in [0.15, 0.2) is 0 Å². The van der Waals surface area contributed by atoms with Crippen molar-refractivity contribution in [3.05, 3.63) is 89.0 Å². The van der Waals surface area contributed by atoms with Gasteiger partial charge in [-0.15, -0.1) is 0 Å². The summed E-state index contributed by atoms with van der Waals surface area (Å²) in [5.74, 6) is -2.87. The Hall–Kier alpha value is -3.42. The molecule has 0 aliphatic carbocycles. The van der Waals surface area contributed by atoms with Crippen molar-refractivity contribution < 1.29 is 31.9 Å². The molecule has 3 nitrogen and oxygen atoms in total. The fourth-order valence-electron chi connectivity index (χ4n) is 4.61. The first-order valence-corrected chi connectivity index (χ1v) is 13.0. The molecule has 0 fully saturated rings. The Labute approximate surface area is 226 Å². The number of carbonyl (C=O) groups is 1. The first-order valence-electron chi connectivity index (χ1n) is 13.0. The minimum absolute atomic E-state index is 0.0753. The van der Waals surface area contributed by atoms with Crippen molar-refractivity contribution in [1.82, 2.24) is 0 Å². The summed E-state index contributed by atoms with van der Waals surface area (Å²) in [5, 5.41) is 13.3. The van der Waals surface area contributed by atoms with Gasteiger partial charge in [-0.2, -0.15) is 13.2 Å². The van der Waals surface area contributed by atoms with E-state index in [1.54, 1.807) is 18.2 Å². The second-order valence-electron chi connectivity index (χ2n) is 10.8. The number of aliphatic carboxylic acids is 1. The molecule has 0 radical (unpaired) electrons. The van der Waals surface area contributed by atoms with Gasteiger partial charge in [-0.3, -0.25) is 4.79 Å². The van der Waals surface area contributed by atoms with Gasteiger partial charge in [0.05, 0.1) is 17.5 Å². The van der Waals surface area contributed by atoms with Crippen LogP contribution in [0.15, 0.2) is 60.7 Å². The highest BCUT2D eigenvalue weighted by molar-refractivity contribution is 5.79. The molecule has 0 aromatic heterocycles. The Morgan fingerprint density at radius 2 is 1.41 bits per heavy atom. The van der Waals surface area contributed by atoms with Gasteiger partial charge in [-0.05, 0) is 89.8 Å². The Bertz CT molecular complexity index is 1250. The van der Waals surface area contributed by atoms with Crippen molar-refractivity contribution >= 4 is 11.7 Å². The fraction of sp³-hybridized carbons (Fsp3) is 0.387. The van der Waals surface area contributed by atoms with E-state index in [9.17, 15) is 31.9 Å². The maximum atomic E-state index is 14.1. The smallest absolute Gasteiger partial charge is 0.416 e. The summed E-state index contributed by atoms with van der Waals surface area (Å²) < 4.78 is 67.6. The summed E-state index contributed by atoms with van der Waals surface area (Å²) in [5.41, 5.74) is 1.64. The third-order valence-electron chi connectivity index (χ3n) is 6.57. The molecule has 0 heterocycles. The zero-order valence-corrected chi connectivity index (χ0v) is 22.4. The number of hydrogen-bond acceptors (Lipinski definition) is 2. The van der Waals surface area contributed by atoms with Crippen LogP contribution in [0.2, 0.25) is 0 Å². The summed E-state index contributed by atoms with van der Waals surface area (Å²) in [6.45, 7) is 7.90. The molecular formula is C31H34F5NO2. The zero-order chi connectivity index (χ0) is 28.9. The molecule has 2 unspecified atom stereocenters. The normalized spacial score (nSPS) is 13.5. The van der Waals surface area contributed by atoms with Crippen molar-refractivity contribution in [3.8, 4) is 11.1 Å². The van der Waals surface area contributed by atoms with Crippen LogP contribution in [0.1, 0.15) is 75.6 Å². The zero-order valence-electron chi connectivity index (χ0n) is 22.4. The molecule has 210 valence electrons. The largest absolute Gasteiger partial charge is 0.481 e. The third kappa shape index (κ3) is 8.53. The van der Waals surface area contributed by atoms with Crippen LogP contribution in [-0.2, 0) is 11.0 Å². The molecule has 3 rings (SSSR count). The van der Waals surface area contributed by atoms with Gasteiger partial charge in [0.1, 0.15) is 11.6 Å². The maximum Gasteiger partial charge on any atom is 0.416 e. The number of benzene rings is 3. The van der Waals surface area contributed by atoms with E-state index >= 15 is 0 Å². The number of carboxylic acids is 1. The average Bonchev–Trinajstić information content (AvgIpc) is 2.83. The van der Waals surface area contributed by atoms with Crippen LogP contribution in [0.3, 0.4) is 0 Å². The van der Waals surface area contributed by atoms with Gasteiger partial charge in [0.25, 0.3) is 0 Å². The molecule has 0 aliphatic rings. The fourth-order valence-corrected chi connectivity index (χ4v) is 4.61. The molecule has 0 bridgehead atoms. The Morgan fingerprint density at radius 1 is 0.795 bits per heavy atom.